The van der Waals surface area contributed by atoms with E-state index in [2.05, 4.69) is 5.32 Å². The van der Waals surface area contributed by atoms with Crippen molar-refractivity contribution < 1.29 is 14.7 Å². The molecule has 0 radical (unpaired) electrons. The van der Waals surface area contributed by atoms with Gasteiger partial charge in [-0.2, -0.15) is 0 Å². The first-order valence-corrected chi connectivity index (χ1v) is 7.56. The molecule has 5 nitrogen and oxygen atoms in total. The average molecular weight is 288 g/mol. The van der Waals surface area contributed by atoms with Crippen LogP contribution in [0.5, 0.6) is 0 Å². The number of amides is 1. The molecule has 112 valence electrons. The van der Waals surface area contributed by atoms with E-state index in [4.69, 9.17) is 0 Å². The molecule has 2 aliphatic rings. The number of benzene rings is 1. The van der Waals surface area contributed by atoms with Crippen molar-refractivity contribution >= 4 is 17.6 Å². The minimum Gasteiger partial charge on any atom is -0.478 e. The number of carbonyl (C=O) groups excluding carboxylic acids is 1. The maximum Gasteiger partial charge on any atom is 0.336 e. The highest BCUT2D eigenvalue weighted by Gasteiger charge is 2.31. The Hall–Kier alpha value is -1.88. The number of aromatic carboxylic acids is 1. The molecule has 0 bridgehead atoms. The molecule has 0 aliphatic carbocycles. The third kappa shape index (κ3) is 2.65. The number of nitrogens with one attached hydrogen (secondary N) is 1. The number of carboxylic acids is 1. The van der Waals surface area contributed by atoms with E-state index in [0.29, 0.717) is 12.1 Å². The summed E-state index contributed by atoms with van der Waals surface area (Å²) in [5.41, 5.74) is 1.91. The summed E-state index contributed by atoms with van der Waals surface area (Å²) < 4.78 is 0. The van der Waals surface area contributed by atoms with Crippen molar-refractivity contribution in [2.24, 2.45) is 5.92 Å². The minimum absolute atomic E-state index is 0.0122. The van der Waals surface area contributed by atoms with Crippen LogP contribution < -0.4 is 10.2 Å². The quantitative estimate of drug-likeness (QED) is 0.868. The number of fused-ring (bicyclic) bond motifs is 1. The molecule has 1 saturated heterocycles. The zero-order valence-corrected chi connectivity index (χ0v) is 12.0. The predicted octanol–water partition coefficient (Wildman–Crippen LogP) is 1.66. The van der Waals surface area contributed by atoms with E-state index in [1.807, 2.05) is 6.07 Å². The number of anilines is 1. The molecule has 1 aromatic rings. The van der Waals surface area contributed by atoms with Gasteiger partial charge in [-0.15, -0.1) is 0 Å². The fourth-order valence-corrected chi connectivity index (χ4v) is 3.34. The Balaban J connectivity index is 1.91. The Kier molecular flexibility index (Phi) is 3.92. The Bertz CT molecular complexity index is 565. The SMILES string of the molecule is O=C(O)c1cccc2c1CCCN2C(=O)C1CCCNC1. The Morgan fingerprint density at radius 1 is 1.29 bits per heavy atom. The molecule has 0 saturated carbocycles. The van der Waals surface area contributed by atoms with Crippen molar-refractivity contribution in [2.75, 3.05) is 24.5 Å². The molecule has 1 aromatic carbocycles. The van der Waals surface area contributed by atoms with Crippen molar-refractivity contribution in [3.63, 3.8) is 0 Å². The van der Waals surface area contributed by atoms with Gasteiger partial charge in [0.1, 0.15) is 0 Å². The van der Waals surface area contributed by atoms with Gasteiger partial charge in [0.25, 0.3) is 0 Å². The average Bonchev–Trinajstić information content (AvgIpc) is 2.53. The summed E-state index contributed by atoms with van der Waals surface area (Å²) in [5, 5.41) is 12.6. The van der Waals surface area contributed by atoms with Gasteiger partial charge in [-0.1, -0.05) is 6.07 Å². The molecule has 2 aliphatic heterocycles. The van der Waals surface area contributed by atoms with Gasteiger partial charge < -0.3 is 15.3 Å². The molecule has 3 rings (SSSR count). The number of carbonyl (C=O) groups is 2. The second-order valence-electron chi connectivity index (χ2n) is 5.75. The molecular weight excluding hydrogens is 268 g/mol. The van der Waals surface area contributed by atoms with Crippen molar-refractivity contribution in [3.05, 3.63) is 29.3 Å². The van der Waals surface area contributed by atoms with Crippen LogP contribution in [0.25, 0.3) is 0 Å². The fraction of sp³-hybridized carbons (Fsp3) is 0.500. The highest BCUT2D eigenvalue weighted by Crippen LogP contribution is 2.31. The second kappa shape index (κ2) is 5.85. The standard InChI is InChI=1S/C16H20N2O3/c19-15(11-4-2-8-17-10-11)18-9-3-6-12-13(16(20)21)5-1-7-14(12)18/h1,5,7,11,17H,2-4,6,8-10H2,(H,20,21). The number of rotatable bonds is 2. The molecule has 1 atom stereocenters. The Morgan fingerprint density at radius 3 is 2.86 bits per heavy atom. The van der Waals surface area contributed by atoms with Gasteiger partial charge in [-0.25, -0.2) is 4.79 Å². The summed E-state index contributed by atoms with van der Waals surface area (Å²) in [5.74, 6) is -0.774. The van der Waals surface area contributed by atoms with Crippen molar-refractivity contribution in [1.29, 1.82) is 0 Å². The lowest BCUT2D eigenvalue weighted by Crippen LogP contribution is -2.45. The molecule has 5 heteroatoms. The first-order chi connectivity index (χ1) is 10.2. The molecule has 0 aromatic heterocycles. The van der Waals surface area contributed by atoms with Crippen LogP contribution >= 0.6 is 0 Å². The number of carboxylic acid groups (broad SMARTS) is 1. The summed E-state index contributed by atoms with van der Waals surface area (Å²) >= 11 is 0. The van der Waals surface area contributed by atoms with Crippen LogP contribution in [0.1, 0.15) is 35.2 Å². The van der Waals surface area contributed by atoms with Crippen LogP contribution in [0, 0.1) is 5.92 Å². The normalized spacial score (nSPS) is 21.7. The highest BCUT2D eigenvalue weighted by atomic mass is 16.4. The molecule has 2 heterocycles. The first kappa shape index (κ1) is 14.1. The Morgan fingerprint density at radius 2 is 2.14 bits per heavy atom. The topological polar surface area (TPSA) is 69.6 Å². The lowest BCUT2D eigenvalue weighted by atomic mass is 9.93. The number of nitrogens with zero attached hydrogens (tertiary/aromatic N) is 1. The van der Waals surface area contributed by atoms with E-state index >= 15 is 0 Å². The van der Waals surface area contributed by atoms with Crippen molar-refractivity contribution in [2.45, 2.75) is 25.7 Å². The zero-order valence-electron chi connectivity index (χ0n) is 12.0. The molecule has 1 unspecified atom stereocenters. The van der Waals surface area contributed by atoms with E-state index in [-0.39, 0.29) is 11.8 Å². The summed E-state index contributed by atoms with van der Waals surface area (Å²) in [6, 6.07) is 5.22. The fourth-order valence-electron chi connectivity index (χ4n) is 3.34. The summed E-state index contributed by atoms with van der Waals surface area (Å²) in [7, 11) is 0. The van der Waals surface area contributed by atoms with E-state index in [0.717, 1.165) is 50.0 Å². The predicted molar refractivity (Wildman–Crippen MR) is 79.7 cm³/mol. The van der Waals surface area contributed by atoms with Crippen LogP contribution in [-0.2, 0) is 11.2 Å². The molecule has 21 heavy (non-hydrogen) atoms. The minimum atomic E-state index is -0.916. The van der Waals surface area contributed by atoms with Crippen molar-refractivity contribution in [1.82, 2.24) is 5.32 Å². The monoisotopic (exact) mass is 288 g/mol. The van der Waals surface area contributed by atoms with Gasteiger partial charge in [0.15, 0.2) is 0 Å². The van der Waals surface area contributed by atoms with Gasteiger partial charge in [0.2, 0.25) is 5.91 Å². The van der Waals surface area contributed by atoms with E-state index in [1.165, 1.54) is 0 Å². The number of piperidine rings is 1. The molecule has 1 amide bonds. The van der Waals surface area contributed by atoms with Crippen LogP contribution in [0.2, 0.25) is 0 Å². The lowest BCUT2D eigenvalue weighted by Gasteiger charge is -2.34. The largest absolute Gasteiger partial charge is 0.478 e. The van der Waals surface area contributed by atoms with Crippen LogP contribution in [0.4, 0.5) is 5.69 Å². The molecule has 2 N–H and O–H groups in total. The van der Waals surface area contributed by atoms with Gasteiger partial charge >= 0.3 is 5.97 Å². The summed E-state index contributed by atoms with van der Waals surface area (Å²) in [4.78, 5) is 25.9. The maximum absolute atomic E-state index is 12.7. The van der Waals surface area contributed by atoms with Crippen LogP contribution in [0.15, 0.2) is 18.2 Å². The van der Waals surface area contributed by atoms with E-state index < -0.39 is 5.97 Å². The van der Waals surface area contributed by atoms with E-state index in [1.54, 1.807) is 17.0 Å². The van der Waals surface area contributed by atoms with Gasteiger partial charge in [0, 0.05) is 18.8 Å². The molecule has 1 fully saturated rings. The second-order valence-corrected chi connectivity index (χ2v) is 5.75. The first-order valence-electron chi connectivity index (χ1n) is 7.56. The van der Waals surface area contributed by atoms with Crippen molar-refractivity contribution in [3.8, 4) is 0 Å². The lowest BCUT2D eigenvalue weighted by molar-refractivity contribution is -0.123. The maximum atomic E-state index is 12.7. The third-order valence-corrected chi connectivity index (χ3v) is 4.39. The van der Waals surface area contributed by atoms with Crippen LogP contribution in [-0.4, -0.2) is 36.6 Å². The zero-order chi connectivity index (χ0) is 14.8. The number of hydrogen-bond acceptors (Lipinski definition) is 3. The highest BCUT2D eigenvalue weighted by molar-refractivity contribution is 5.99. The molecule has 0 spiro atoms. The van der Waals surface area contributed by atoms with E-state index in [9.17, 15) is 14.7 Å². The number of hydrogen-bond donors (Lipinski definition) is 2. The van der Waals surface area contributed by atoms with Gasteiger partial charge in [0.05, 0.1) is 11.5 Å². The summed E-state index contributed by atoms with van der Waals surface area (Å²) in [6.07, 6.45) is 3.48. The Labute approximate surface area is 123 Å². The summed E-state index contributed by atoms with van der Waals surface area (Å²) in [6.45, 7) is 2.39. The van der Waals surface area contributed by atoms with Crippen LogP contribution in [0.3, 0.4) is 0 Å². The third-order valence-electron chi connectivity index (χ3n) is 4.39. The molecular formula is C16H20N2O3. The smallest absolute Gasteiger partial charge is 0.336 e. The van der Waals surface area contributed by atoms with Gasteiger partial charge in [-0.05, 0) is 49.9 Å². The van der Waals surface area contributed by atoms with Gasteiger partial charge in [-0.3, -0.25) is 4.79 Å².